The Hall–Kier alpha value is -6.70. The van der Waals surface area contributed by atoms with Crippen molar-refractivity contribution in [1.29, 1.82) is 0 Å². The molecule has 0 radical (unpaired) electrons. The van der Waals surface area contributed by atoms with Crippen molar-refractivity contribution in [2.45, 2.75) is 0 Å². The summed E-state index contributed by atoms with van der Waals surface area (Å²) in [7, 11) is 0. The van der Waals surface area contributed by atoms with Gasteiger partial charge in [0.05, 0.1) is 39.8 Å². The molecule has 11 rings (SSSR count). The number of furan rings is 1. The second-order valence-electron chi connectivity index (χ2n) is 11.3. The quantitative estimate of drug-likeness (QED) is 0.170. The highest BCUT2D eigenvalue weighted by atomic mass is 16.3. The van der Waals surface area contributed by atoms with Gasteiger partial charge in [-0.15, -0.1) is 0 Å². The van der Waals surface area contributed by atoms with Gasteiger partial charge >= 0.3 is 0 Å². The molecule has 0 aliphatic heterocycles. The summed E-state index contributed by atoms with van der Waals surface area (Å²) in [6.07, 6.45) is 0. The van der Waals surface area contributed by atoms with Crippen LogP contribution < -0.4 is 0 Å². The SMILES string of the molecule is [2H]c1cc2c(oc3c([2H])c([2H])c4c([2H])c([2H])c([2H])c([2H])c4c32)c(-c2c([2H])c(-c3c4c([2H])c([2H])c([2H])c([2H])c4c(-c4c([2H])c([2H])c5c([2H])c([2H])c([2H])c([2H])c5c4[2H])c4c([2H])c([2H])c([2H])c([2H])c34)c3c([2H])c([2H])c([2H])c([2H])c3c2[2H])c1[2H]. The molecule has 51 heavy (non-hydrogen) atoms. The van der Waals surface area contributed by atoms with Crippen molar-refractivity contribution in [3.05, 3.63) is 181 Å². The van der Waals surface area contributed by atoms with Gasteiger partial charge in [-0.05, 0) is 106 Å². The smallest absolute Gasteiger partial charge is 0.143 e. The molecule has 10 aromatic carbocycles. The number of hydrogen-bond donors (Lipinski definition) is 0. The summed E-state index contributed by atoms with van der Waals surface area (Å²) in [6, 6.07) is -25.5. The lowest BCUT2D eigenvalue weighted by atomic mass is 9.83. The van der Waals surface area contributed by atoms with Crippen molar-refractivity contribution in [2.75, 3.05) is 0 Å². The van der Waals surface area contributed by atoms with Crippen LogP contribution in [0.1, 0.15) is 39.8 Å². The van der Waals surface area contributed by atoms with E-state index in [0.29, 0.717) is 0 Å². The summed E-state index contributed by atoms with van der Waals surface area (Å²) in [5.74, 6) is 0. The molecule has 0 aliphatic carbocycles. The van der Waals surface area contributed by atoms with Crippen molar-refractivity contribution in [1.82, 2.24) is 0 Å². The summed E-state index contributed by atoms with van der Waals surface area (Å²) in [5, 5.41) is -7.25. The zero-order chi connectivity index (χ0) is 58.7. The van der Waals surface area contributed by atoms with E-state index >= 15 is 0 Å². The molecule has 0 unspecified atom stereocenters. The Kier molecular flexibility index (Phi) is 2.56. The fourth-order valence-corrected chi connectivity index (χ4v) is 6.51. The Labute approximate surface area is 335 Å². The molecule has 0 aliphatic rings. The van der Waals surface area contributed by atoms with Gasteiger partial charge in [-0.2, -0.15) is 0 Å². The fraction of sp³-hybridized carbons (Fsp3) is 0. The molecule has 0 saturated carbocycles. The van der Waals surface area contributed by atoms with Gasteiger partial charge in [0.15, 0.2) is 0 Å². The van der Waals surface area contributed by atoms with Gasteiger partial charge in [-0.25, -0.2) is 0 Å². The average molecular weight is 676 g/mol. The average Bonchev–Trinajstić information content (AvgIpc) is 3.49. The van der Waals surface area contributed by atoms with Gasteiger partial charge in [-0.1, -0.05) is 157 Å². The highest BCUT2D eigenvalue weighted by molar-refractivity contribution is 6.25. The van der Waals surface area contributed by atoms with Crippen LogP contribution in [0.5, 0.6) is 0 Å². The van der Waals surface area contributed by atoms with Crippen molar-refractivity contribution in [2.24, 2.45) is 0 Å². The third-order valence-corrected chi connectivity index (χ3v) is 8.64. The molecule has 1 nitrogen and oxygen atoms in total. The molecule has 0 atom stereocenters. The molecular weight excluding hydrogens is 617 g/mol. The van der Waals surface area contributed by atoms with E-state index in [1.807, 2.05) is 0 Å². The number of para-hydroxylation sites is 1. The van der Waals surface area contributed by atoms with E-state index < -0.39 is 268 Å². The molecule has 0 N–H and O–H groups in total. The molecule has 0 bridgehead atoms. The fourth-order valence-electron chi connectivity index (χ4n) is 6.51. The van der Waals surface area contributed by atoms with Gasteiger partial charge < -0.3 is 4.42 Å². The van der Waals surface area contributed by atoms with Gasteiger partial charge in [0.1, 0.15) is 11.2 Å². The maximum absolute atomic E-state index is 10.3. The van der Waals surface area contributed by atoms with E-state index in [4.69, 9.17) is 29.1 Å². The zero-order valence-corrected chi connectivity index (χ0v) is 25.5. The second kappa shape index (κ2) is 10.9. The Morgan fingerprint density at radius 2 is 0.922 bits per heavy atom. The Balaban J connectivity index is 1.47. The monoisotopic (exact) mass is 675 g/mol. The molecule has 0 spiro atoms. The van der Waals surface area contributed by atoms with Crippen molar-refractivity contribution < 1.29 is 44.2 Å². The first-order valence-electron chi connectivity index (χ1n) is 29.7. The molecule has 11 aromatic rings. The highest BCUT2D eigenvalue weighted by Gasteiger charge is 2.20. The number of fused-ring (bicyclic) bond motifs is 9. The lowest BCUT2D eigenvalue weighted by Gasteiger charge is -2.20. The zero-order valence-electron chi connectivity index (χ0n) is 54.5. The topological polar surface area (TPSA) is 13.1 Å². The molecule has 236 valence electrons. The minimum Gasteiger partial charge on any atom is -0.455 e. The van der Waals surface area contributed by atoms with Gasteiger partial charge in [0, 0.05) is 16.3 Å². The maximum Gasteiger partial charge on any atom is 0.143 e. The molecule has 1 heterocycles. The Morgan fingerprint density at radius 1 is 0.353 bits per heavy atom. The third kappa shape index (κ3) is 4.22. The first-order chi connectivity index (χ1) is 37.4. The van der Waals surface area contributed by atoms with Crippen LogP contribution in [-0.4, -0.2) is 0 Å². The summed E-state index contributed by atoms with van der Waals surface area (Å²) < 4.78 is 271. The van der Waals surface area contributed by atoms with Gasteiger partial charge in [0.2, 0.25) is 0 Å². The van der Waals surface area contributed by atoms with Crippen LogP contribution in [0.2, 0.25) is 0 Å². The predicted octanol–water partition coefficient (Wildman–Crippen LogP) is 14.4. The lowest BCUT2D eigenvalue weighted by molar-refractivity contribution is 0.670. The first kappa shape index (κ1) is 12.0. The molecule has 0 fully saturated rings. The summed E-state index contributed by atoms with van der Waals surface area (Å²) in [4.78, 5) is 0. The second-order valence-corrected chi connectivity index (χ2v) is 11.3. The maximum atomic E-state index is 10.3. The van der Waals surface area contributed by atoms with E-state index in [1.165, 1.54) is 0 Å². The van der Waals surface area contributed by atoms with E-state index in [-0.39, 0.29) is 16.2 Å². The third-order valence-electron chi connectivity index (χ3n) is 8.64. The number of rotatable bonds is 3. The molecule has 0 amide bonds. The first-order valence-corrected chi connectivity index (χ1v) is 15.2. The van der Waals surface area contributed by atoms with Crippen LogP contribution in [0.25, 0.3) is 109 Å². The van der Waals surface area contributed by atoms with Crippen LogP contribution in [0, 0.1) is 0 Å². The lowest BCUT2D eigenvalue weighted by Crippen LogP contribution is -1.92. The minimum absolute atomic E-state index is 0.259. The van der Waals surface area contributed by atoms with Crippen LogP contribution in [0.15, 0.2) is 186 Å². The normalized spacial score (nSPS) is 19.9. The van der Waals surface area contributed by atoms with Crippen LogP contribution in [0.3, 0.4) is 0 Å². The standard InChI is InChI=1S/C50H30O/c1-2-14-33-28-35(25-24-31(33)12-1)47-40-18-7-9-20-42(40)48(43-21-10-8-19-41(43)47)45-30-36(29-34-15-4-5-16-37(34)45)39-22-11-23-44-49-38-17-6-3-13-32(38)26-27-46(49)51-50(39)44/h1-30H/i1D,2D,3D,4D,5D,6D,7D,8D,9D,10D,11D,12D,13D,14D,15D,16D,17D,18D,19D,20D,21D,22D,24D,25D,26D,27D,28D,29D,30D. The van der Waals surface area contributed by atoms with Gasteiger partial charge in [-0.3, -0.25) is 0 Å². The summed E-state index contributed by atoms with van der Waals surface area (Å²) in [6.45, 7) is 0. The summed E-state index contributed by atoms with van der Waals surface area (Å²) >= 11 is 0. The molecule has 1 heteroatoms. The van der Waals surface area contributed by atoms with Crippen molar-refractivity contribution in [3.63, 3.8) is 0 Å². The molecular formula is C50H30O. The van der Waals surface area contributed by atoms with Crippen LogP contribution in [0.4, 0.5) is 0 Å². The largest absolute Gasteiger partial charge is 0.455 e. The predicted molar refractivity (Wildman–Crippen MR) is 218 cm³/mol. The van der Waals surface area contributed by atoms with Crippen molar-refractivity contribution in [3.8, 4) is 33.4 Å². The highest BCUT2D eigenvalue weighted by Crippen LogP contribution is 2.47. The minimum atomic E-state index is -1.07. The Morgan fingerprint density at radius 3 is 1.67 bits per heavy atom. The van der Waals surface area contributed by atoms with E-state index in [2.05, 4.69) is 0 Å². The Bertz CT molecular complexity index is 4790. The molecule has 0 saturated heterocycles. The number of benzene rings is 10. The van der Waals surface area contributed by atoms with Gasteiger partial charge in [0.25, 0.3) is 0 Å². The van der Waals surface area contributed by atoms with E-state index in [0.717, 1.165) is 6.07 Å². The van der Waals surface area contributed by atoms with E-state index in [9.17, 15) is 15.1 Å². The van der Waals surface area contributed by atoms with Crippen LogP contribution >= 0.6 is 0 Å². The summed E-state index contributed by atoms with van der Waals surface area (Å²) in [5.41, 5.74) is -5.78. The molecule has 1 aromatic heterocycles. The number of hydrogen-bond acceptors (Lipinski definition) is 1. The van der Waals surface area contributed by atoms with Crippen molar-refractivity contribution >= 4 is 75.8 Å². The van der Waals surface area contributed by atoms with Crippen LogP contribution in [-0.2, 0) is 0 Å². The van der Waals surface area contributed by atoms with E-state index in [1.54, 1.807) is 0 Å².